The first-order valence-corrected chi connectivity index (χ1v) is 2.00. The van der Waals surface area contributed by atoms with Crippen LogP contribution in [0.2, 0.25) is 0 Å². The molecule has 0 aromatic heterocycles. The van der Waals surface area contributed by atoms with Crippen molar-refractivity contribution < 1.29 is 0 Å². The first-order valence-electron chi connectivity index (χ1n) is 2.00. The van der Waals surface area contributed by atoms with Crippen LogP contribution in [0.3, 0.4) is 0 Å². The molecule has 0 unspecified atom stereocenters. The molecule has 0 N–H and O–H groups in total. The van der Waals surface area contributed by atoms with Crippen molar-refractivity contribution in [3.8, 4) is 0 Å². The summed E-state index contributed by atoms with van der Waals surface area (Å²) in [6.07, 6.45) is 0. The first kappa shape index (κ1) is 28.2. The number of rotatable bonds is 0. The highest BCUT2D eigenvalue weighted by molar-refractivity contribution is 4.23. The average Bonchev–Trinajstić information content (AvgIpc) is 2.03. The van der Waals surface area contributed by atoms with Crippen LogP contribution in [0.5, 0.6) is 0 Å². The van der Waals surface area contributed by atoms with Crippen molar-refractivity contribution in [1.82, 2.24) is 0 Å². The van der Waals surface area contributed by atoms with Crippen LogP contribution in [0.1, 0.15) is 0 Å². The molecule has 0 fully saturated rings. The zero-order valence-corrected chi connectivity index (χ0v) is 5.66. The Morgan fingerprint density at radius 2 is 0.250 bits per heavy atom. The molecule has 0 nitrogen and oxygen atoms in total. The van der Waals surface area contributed by atoms with Crippen LogP contribution < -0.4 is 0 Å². The molecule has 0 saturated carbocycles. The summed E-state index contributed by atoms with van der Waals surface area (Å²) in [7, 11) is 0. The molecule has 48 valence electrons. The fourth-order valence-electron chi connectivity index (χ4n) is 0. The van der Waals surface area contributed by atoms with Gasteiger partial charge < -0.3 is 0 Å². The Bertz CT molecular complexity index is 8.00. The molecular formula is C8H16. The van der Waals surface area contributed by atoms with Gasteiger partial charge in [0.1, 0.15) is 0 Å². The van der Waals surface area contributed by atoms with Crippen molar-refractivity contribution >= 4 is 0 Å². The summed E-state index contributed by atoms with van der Waals surface area (Å²) in [5.41, 5.74) is 0. The van der Waals surface area contributed by atoms with E-state index in [0.29, 0.717) is 0 Å². The lowest BCUT2D eigenvalue weighted by molar-refractivity contribution is 2.81. The summed E-state index contributed by atoms with van der Waals surface area (Å²) in [5.74, 6) is 0. The van der Waals surface area contributed by atoms with Gasteiger partial charge in [0.15, 0.2) is 0 Å². The Hall–Kier alpha value is -1.04. The van der Waals surface area contributed by atoms with Gasteiger partial charge in [0, 0.05) is 0 Å². The molecule has 0 rings (SSSR count). The van der Waals surface area contributed by atoms with Crippen LogP contribution in [0.4, 0.5) is 0 Å². The van der Waals surface area contributed by atoms with Gasteiger partial charge in [0.2, 0.25) is 0 Å². The maximum atomic E-state index is 3.00. The Labute approximate surface area is 53.6 Å². The monoisotopic (exact) mass is 112 g/mol. The van der Waals surface area contributed by atoms with Gasteiger partial charge in [-0.15, -0.1) is 52.6 Å². The molecule has 0 aliphatic heterocycles. The van der Waals surface area contributed by atoms with E-state index in [9.17, 15) is 0 Å². The lowest BCUT2D eigenvalue weighted by Gasteiger charge is -0.813. The molecule has 0 aliphatic carbocycles. The molecule has 0 radical (unpaired) electrons. The van der Waals surface area contributed by atoms with Crippen LogP contribution in [0.25, 0.3) is 0 Å². The molecule has 0 saturated heterocycles. The van der Waals surface area contributed by atoms with Gasteiger partial charge >= 0.3 is 0 Å². The van der Waals surface area contributed by atoms with E-state index in [1.807, 2.05) is 0 Å². The summed E-state index contributed by atoms with van der Waals surface area (Å²) < 4.78 is 0. The van der Waals surface area contributed by atoms with Gasteiger partial charge in [-0.2, -0.15) is 0 Å². The molecule has 8 heavy (non-hydrogen) atoms. The van der Waals surface area contributed by atoms with E-state index in [-0.39, 0.29) is 0 Å². The molecule has 0 aromatic rings. The van der Waals surface area contributed by atoms with Crippen LogP contribution in [-0.2, 0) is 0 Å². The first-order chi connectivity index (χ1) is 4.00. The molecule has 0 aromatic carbocycles. The highest BCUT2D eigenvalue weighted by atomic mass is 12.7. The molecule has 0 atom stereocenters. The highest BCUT2D eigenvalue weighted by Gasteiger charge is 0.607. The second-order valence-electron chi connectivity index (χ2n) is 0. The highest BCUT2D eigenvalue weighted by Crippen LogP contribution is 0.868. The minimum atomic E-state index is 3.00. The smallest absolute Gasteiger partial charge is 0.106 e. The molecule has 0 amide bonds. The summed E-state index contributed by atoms with van der Waals surface area (Å²) >= 11 is 0. The third-order valence-electron chi connectivity index (χ3n) is 0. The van der Waals surface area contributed by atoms with Crippen LogP contribution >= 0.6 is 0 Å². The lowest BCUT2D eigenvalue weighted by atomic mass is 11.3. The van der Waals surface area contributed by atoms with E-state index in [1.54, 1.807) is 0 Å². The largest absolute Gasteiger partial charge is 0.106 e. The van der Waals surface area contributed by atoms with Gasteiger partial charge in [-0.25, -0.2) is 0 Å². The normalized spacial score (nSPS) is 2.00. The van der Waals surface area contributed by atoms with Crippen molar-refractivity contribution in [2.24, 2.45) is 0 Å². The Kier molecular flexibility index (Phi) is 478. The van der Waals surface area contributed by atoms with Crippen molar-refractivity contribution in [2.75, 3.05) is 0 Å². The van der Waals surface area contributed by atoms with E-state index in [4.69, 9.17) is 0 Å². The topological polar surface area (TPSA) is 0 Å². The fourth-order valence-corrected chi connectivity index (χ4v) is 0. The molecule has 0 aliphatic rings. The zero-order chi connectivity index (χ0) is 8.00. The maximum Gasteiger partial charge on any atom is -0.106 e. The summed E-state index contributed by atoms with van der Waals surface area (Å²) in [5, 5.41) is 0. The number of hydrogen-bond acceptors (Lipinski definition) is 0. The number of hydrogen-bond donors (Lipinski definition) is 0. The Morgan fingerprint density at radius 3 is 0.250 bits per heavy atom. The van der Waals surface area contributed by atoms with Crippen molar-refractivity contribution in [1.29, 1.82) is 0 Å². The standard InChI is InChI=1S/4C2H4/c4*1-2/h4*1-2H2. The third kappa shape index (κ3) is 71.9. The van der Waals surface area contributed by atoms with Crippen LogP contribution in [0, 0.1) is 0 Å². The molecular weight excluding hydrogens is 96.1 g/mol. The van der Waals surface area contributed by atoms with E-state index >= 15 is 0 Å². The quantitative estimate of drug-likeness (QED) is 0.422. The summed E-state index contributed by atoms with van der Waals surface area (Å²) in [6.45, 7) is 24.0. The zero-order valence-electron chi connectivity index (χ0n) is 5.66. The van der Waals surface area contributed by atoms with Crippen LogP contribution in [0.15, 0.2) is 52.6 Å². The molecule has 0 spiro atoms. The molecule has 0 heteroatoms. The Morgan fingerprint density at radius 1 is 0.250 bits per heavy atom. The van der Waals surface area contributed by atoms with E-state index in [1.165, 1.54) is 0 Å². The van der Waals surface area contributed by atoms with E-state index < -0.39 is 0 Å². The third-order valence-corrected chi connectivity index (χ3v) is 0. The Balaban J connectivity index is -0.0000000133. The van der Waals surface area contributed by atoms with Crippen LogP contribution in [-0.4, -0.2) is 0 Å². The maximum absolute atomic E-state index is 3.00. The van der Waals surface area contributed by atoms with Gasteiger partial charge in [-0.1, -0.05) is 0 Å². The van der Waals surface area contributed by atoms with Crippen molar-refractivity contribution in [3.05, 3.63) is 52.6 Å². The van der Waals surface area contributed by atoms with Crippen molar-refractivity contribution in [3.63, 3.8) is 0 Å². The van der Waals surface area contributed by atoms with E-state index in [0.717, 1.165) is 0 Å². The minimum Gasteiger partial charge on any atom is -0.106 e. The lowest BCUT2D eigenvalue weighted by Crippen LogP contribution is -0.552. The van der Waals surface area contributed by atoms with Crippen molar-refractivity contribution in [2.45, 2.75) is 0 Å². The van der Waals surface area contributed by atoms with Gasteiger partial charge in [0.25, 0.3) is 0 Å². The van der Waals surface area contributed by atoms with Gasteiger partial charge in [-0.05, 0) is 0 Å². The molecule has 0 heterocycles. The second kappa shape index (κ2) is 136. The average molecular weight is 112 g/mol. The summed E-state index contributed by atoms with van der Waals surface area (Å²) in [6, 6.07) is 0. The minimum absolute atomic E-state index is 3.00. The fraction of sp³-hybridized carbons (Fsp3) is 0. The van der Waals surface area contributed by atoms with Gasteiger partial charge in [-0.3, -0.25) is 0 Å². The SMILES string of the molecule is C=C.C=C.C=C.C=C. The predicted molar refractivity (Wildman–Crippen MR) is 45.0 cm³/mol. The predicted octanol–water partition coefficient (Wildman–Crippen LogP) is 3.21. The van der Waals surface area contributed by atoms with Gasteiger partial charge in [0.05, 0.1) is 0 Å². The molecule has 0 bridgehead atoms. The van der Waals surface area contributed by atoms with E-state index in [2.05, 4.69) is 52.6 Å². The second-order valence-corrected chi connectivity index (χ2v) is 0. The summed E-state index contributed by atoms with van der Waals surface area (Å²) in [4.78, 5) is 0.